The van der Waals surface area contributed by atoms with Gasteiger partial charge in [0.15, 0.2) is 6.61 Å². The number of hydrogen-bond donors (Lipinski definition) is 1. The number of nitrogens with zero attached hydrogens (tertiary/aromatic N) is 1. The Morgan fingerprint density at radius 3 is 2.76 bits per heavy atom. The Kier molecular flexibility index (Phi) is 7.29. The molecule has 0 fully saturated rings. The zero-order chi connectivity index (χ0) is 18.4. The molecule has 0 saturated heterocycles. The zero-order valence-electron chi connectivity index (χ0n) is 13.7. The van der Waals surface area contributed by atoms with Crippen LogP contribution in [0.5, 0.6) is 5.75 Å². The number of carbonyl (C=O) groups is 1. The molecule has 0 bridgehead atoms. The van der Waals surface area contributed by atoms with Crippen molar-refractivity contribution in [2.24, 2.45) is 5.10 Å². The fraction of sp³-hybridized carbons (Fsp3) is 0.222. The fourth-order valence-electron chi connectivity index (χ4n) is 1.96. The molecule has 132 valence electrons. The summed E-state index contributed by atoms with van der Waals surface area (Å²) >= 11 is 15.4. The van der Waals surface area contributed by atoms with Crippen LogP contribution in [0, 0.1) is 0 Å². The van der Waals surface area contributed by atoms with Crippen LogP contribution in [0.4, 0.5) is 0 Å². The normalized spacial score (nSPS) is 11.1. The number of carbonyl (C=O) groups excluding carboxylic acids is 1. The number of hydrogen-bond acceptors (Lipinski definition) is 3. The van der Waals surface area contributed by atoms with Crippen LogP contribution in [-0.4, -0.2) is 18.7 Å². The second kappa shape index (κ2) is 9.22. The van der Waals surface area contributed by atoms with Crippen molar-refractivity contribution in [3.05, 3.63) is 62.0 Å². The Morgan fingerprint density at radius 2 is 2.08 bits per heavy atom. The first-order chi connectivity index (χ1) is 11.9. The minimum Gasteiger partial charge on any atom is -0.483 e. The Balaban J connectivity index is 1.89. The van der Waals surface area contributed by atoms with Gasteiger partial charge in [-0.25, -0.2) is 5.43 Å². The topological polar surface area (TPSA) is 50.7 Å². The van der Waals surface area contributed by atoms with Gasteiger partial charge in [0.05, 0.1) is 20.7 Å². The summed E-state index contributed by atoms with van der Waals surface area (Å²) in [6, 6.07) is 11.0. The third-order valence-corrected chi connectivity index (χ3v) is 4.81. The van der Waals surface area contributed by atoms with E-state index in [0.29, 0.717) is 27.3 Å². The molecular weight excluding hydrogens is 427 g/mol. The molecule has 1 N–H and O–H groups in total. The summed E-state index contributed by atoms with van der Waals surface area (Å²) in [6.45, 7) is 4.07. The van der Waals surface area contributed by atoms with E-state index in [1.165, 1.54) is 11.8 Å². The van der Waals surface area contributed by atoms with Gasteiger partial charge < -0.3 is 4.74 Å². The number of nitrogens with one attached hydrogen (secondary N) is 1. The van der Waals surface area contributed by atoms with Gasteiger partial charge in [0, 0.05) is 5.56 Å². The Labute approximate surface area is 165 Å². The lowest BCUT2D eigenvalue weighted by molar-refractivity contribution is -0.123. The highest BCUT2D eigenvalue weighted by atomic mass is 79.9. The molecule has 1 amide bonds. The Hall–Kier alpha value is -1.56. The van der Waals surface area contributed by atoms with E-state index in [-0.39, 0.29) is 12.5 Å². The van der Waals surface area contributed by atoms with Gasteiger partial charge in [0.2, 0.25) is 0 Å². The average molecular weight is 444 g/mol. The summed E-state index contributed by atoms with van der Waals surface area (Å²) in [5.41, 5.74) is 4.19. The zero-order valence-corrected chi connectivity index (χ0v) is 16.8. The predicted octanol–water partition coefficient (Wildman–Crippen LogP) is 5.41. The summed E-state index contributed by atoms with van der Waals surface area (Å²) in [5.74, 6) is 0.636. The number of amides is 1. The maximum absolute atomic E-state index is 11.8. The molecule has 0 unspecified atom stereocenters. The van der Waals surface area contributed by atoms with Crippen molar-refractivity contribution in [2.45, 2.75) is 19.8 Å². The summed E-state index contributed by atoms with van der Waals surface area (Å²) in [5, 5.41) is 4.66. The van der Waals surface area contributed by atoms with Crippen molar-refractivity contribution in [3.8, 4) is 5.75 Å². The predicted molar refractivity (Wildman–Crippen MR) is 106 cm³/mol. The second-order valence-electron chi connectivity index (χ2n) is 5.57. The average Bonchev–Trinajstić information content (AvgIpc) is 2.57. The molecule has 2 aromatic carbocycles. The molecule has 0 heterocycles. The van der Waals surface area contributed by atoms with Gasteiger partial charge in [-0.05, 0) is 45.6 Å². The smallest absolute Gasteiger partial charge is 0.277 e. The molecule has 0 saturated carbocycles. The molecule has 0 aliphatic carbocycles. The molecule has 0 aliphatic rings. The van der Waals surface area contributed by atoms with Crippen LogP contribution in [0.25, 0.3) is 0 Å². The molecular formula is C18H17BrCl2N2O2. The molecule has 2 rings (SSSR count). The van der Waals surface area contributed by atoms with E-state index in [1.807, 2.05) is 18.2 Å². The van der Waals surface area contributed by atoms with E-state index in [2.05, 4.69) is 40.3 Å². The number of benzene rings is 2. The standard InChI is InChI=1S/C18H17BrCl2N2O2/c1-11(2)12-6-7-16(14(19)8-12)25-10-17(24)23-22-9-13-4-3-5-15(20)18(13)21/h3-9,11H,10H2,1-2H3,(H,23,24)/b22-9+. The summed E-state index contributed by atoms with van der Waals surface area (Å²) in [6.07, 6.45) is 1.43. The maximum atomic E-state index is 11.8. The summed E-state index contributed by atoms with van der Waals surface area (Å²) in [7, 11) is 0. The van der Waals surface area contributed by atoms with Crippen molar-refractivity contribution in [3.63, 3.8) is 0 Å². The lowest BCUT2D eigenvalue weighted by Crippen LogP contribution is -2.24. The number of halogens is 3. The van der Waals surface area contributed by atoms with Gasteiger partial charge in [0.1, 0.15) is 5.75 Å². The van der Waals surface area contributed by atoms with E-state index < -0.39 is 0 Å². The van der Waals surface area contributed by atoms with Crippen molar-refractivity contribution >= 4 is 51.3 Å². The molecule has 0 aliphatic heterocycles. The summed E-state index contributed by atoms with van der Waals surface area (Å²) in [4.78, 5) is 11.8. The molecule has 4 nitrogen and oxygen atoms in total. The molecule has 0 atom stereocenters. The SMILES string of the molecule is CC(C)c1ccc(OCC(=O)N/N=C/c2cccc(Cl)c2Cl)c(Br)c1. The van der Waals surface area contributed by atoms with E-state index in [9.17, 15) is 4.79 Å². The van der Waals surface area contributed by atoms with E-state index in [1.54, 1.807) is 18.2 Å². The highest BCUT2D eigenvalue weighted by molar-refractivity contribution is 9.10. The van der Waals surface area contributed by atoms with Gasteiger partial charge in [-0.1, -0.05) is 55.2 Å². The first-order valence-electron chi connectivity index (χ1n) is 7.56. The minimum absolute atomic E-state index is 0.153. The van der Waals surface area contributed by atoms with Crippen LogP contribution < -0.4 is 10.2 Å². The van der Waals surface area contributed by atoms with Crippen LogP contribution in [0.1, 0.15) is 30.9 Å². The third kappa shape index (κ3) is 5.73. The van der Waals surface area contributed by atoms with Crippen molar-refractivity contribution in [1.29, 1.82) is 0 Å². The van der Waals surface area contributed by atoms with E-state index in [0.717, 1.165) is 4.47 Å². The monoisotopic (exact) mass is 442 g/mol. The van der Waals surface area contributed by atoms with Gasteiger partial charge in [0.25, 0.3) is 5.91 Å². The first-order valence-corrected chi connectivity index (χ1v) is 9.11. The number of ether oxygens (including phenoxy) is 1. The van der Waals surface area contributed by atoms with Crippen molar-refractivity contribution < 1.29 is 9.53 Å². The first kappa shape index (κ1) is 19.8. The fourth-order valence-corrected chi connectivity index (χ4v) is 2.83. The maximum Gasteiger partial charge on any atom is 0.277 e. The highest BCUT2D eigenvalue weighted by Crippen LogP contribution is 2.28. The third-order valence-electron chi connectivity index (χ3n) is 3.36. The van der Waals surface area contributed by atoms with Crippen molar-refractivity contribution in [1.82, 2.24) is 5.43 Å². The molecule has 0 spiro atoms. The van der Waals surface area contributed by atoms with Gasteiger partial charge in [-0.15, -0.1) is 0 Å². The lowest BCUT2D eigenvalue weighted by Gasteiger charge is -2.10. The quantitative estimate of drug-likeness (QED) is 0.479. The van der Waals surface area contributed by atoms with Crippen LogP contribution in [0.3, 0.4) is 0 Å². The van der Waals surface area contributed by atoms with Crippen LogP contribution >= 0.6 is 39.1 Å². The van der Waals surface area contributed by atoms with Gasteiger partial charge in [-0.2, -0.15) is 5.10 Å². The number of rotatable bonds is 6. The molecule has 0 radical (unpaired) electrons. The van der Waals surface area contributed by atoms with Crippen molar-refractivity contribution in [2.75, 3.05) is 6.61 Å². The molecule has 7 heteroatoms. The lowest BCUT2D eigenvalue weighted by atomic mass is 10.0. The van der Waals surface area contributed by atoms with Gasteiger partial charge >= 0.3 is 0 Å². The Bertz CT molecular complexity index is 795. The van der Waals surface area contributed by atoms with Crippen LogP contribution in [0.15, 0.2) is 46.0 Å². The Morgan fingerprint density at radius 1 is 1.32 bits per heavy atom. The van der Waals surface area contributed by atoms with Gasteiger partial charge in [-0.3, -0.25) is 4.79 Å². The summed E-state index contributed by atoms with van der Waals surface area (Å²) < 4.78 is 6.31. The molecule has 0 aromatic heterocycles. The largest absolute Gasteiger partial charge is 0.483 e. The van der Waals surface area contributed by atoms with Crippen LogP contribution in [-0.2, 0) is 4.79 Å². The van der Waals surface area contributed by atoms with Crippen LogP contribution in [0.2, 0.25) is 10.0 Å². The second-order valence-corrected chi connectivity index (χ2v) is 7.21. The number of hydrazone groups is 1. The van der Waals surface area contributed by atoms with E-state index in [4.69, 9.17) is 27.9 Å². The minimum atomic E-state index is -0.380. The molecule has 2 aromatic rings. The molecule has 25 heavy (non-hydrogen) atoms. The highest BCUT2D eigenvalue weighted by Gasteiger charge is 2.08. The van der Waals surface area contributed by atoms with E-state index >= 15 is 0 Å².